The minimum atomic E-state index is -3.62. The lowest BCUT2D eigenvalue weighted by molar-refractivity contribution is 0.425. The van der Waals surface area contributed by atoms with Crippen molar-refractivity contribution in [2.75, 3.05) is 13.1 Å². The van der Waals surface area contributed by atoms with E-state index in [4.69, 9.17) is 0 Å². The summed E-state index contributed by atoms with van der Waals surface area (Å²) in [5.41, 5.74) is 5.89. The van der Waals surface area contributed by atoms with Crippen molar-refractivity contribution in [1.82, 2.24) is 9.29 Å². The van der Waals surface area contributed by atoms with Crippen molar-refractivity contribution in [3.63, 3.8) is 0 Å². The molecule has 0 fully saturated rings. The summed E-state index contributed by atoms with van der Waals surface area (Å²) in [5, 5.41) is 4.73. The maximum Gasteiger partial charge on any atom is 0.268 e. The van der Waals surface area contributed by atoms with Crippen molar-refractivity contribution in [3.8, 4) is 0 Å². The fourth-order valence-electron chi connectivity index (χ4n) is 5.10. The summed E-state index contributed by atoms with van der Waals surface area (Å²) >= 11 is 0. The molecule has 1 atom stereocenters. The van der Waals surface area contributed by atoms with Gasteiger partial charge in [0.15, 0.2) is 0 Å². The van der Waals surface area contributed by atoms with Gasteiger partial charge >= 0.3 is 0 Å². The Morgan fingerprint density at radius 3 is 2.56 bits per heavy atom. The summed E-state index contributed by atoms with van der Waals surface area (Å²) in [4.78, 5) is 0.325. The standard InChI is InChI=1S/C29H32N2O2S/c1-22-9-14-26(15-10-22)34(32,33)31-19-17-27-28-20-24(11-12-25(28)13-16-29(27)31)21-30-18-5-8-23-6-3-2-4-7-23/h2-4,6-7,9-10,13-17,19,24,30H,5,8,11-12,18,20-21H2,1H3. The first kappa shape index (κ1) is 22.9. The summed E-state index contributed by atoms with van der Waals surface area (Å²) in [7, 11) is -3.62. The van der Waals surface area contributed by atoms with Crippen molar-refractivity contribution in [3.05, 3.63) is 101 Å². The van der Waals surface area contributed by atoms with Crippen molar-refractivity contribution in [2.24, 2.45) is 5.92 Å². The fourth-order valence-corrected chi connectivity index (χ4v) is 6.45. The summed E-state index contributed by atoms with van der Waals surface area (Å²) in [5.74, 6) is 0.576. The molecule has 3 aromatic carbocycles. The highest BCUT2D eigenvalue weighted by atomic mass is 32.2. The molecule has 4 aromatic rings. The molecule has 0 saturated carbocycles. The van der Waals surface area contributed by atoms with Crippen LogP contribution >= 0.6 is 0 Å². The van der Waals surface area contributed by atoms with E-state index in [0.717, 1.165) is 55.2 Å². The van der Waals surface area contributed by atoms with Crippen LogP contribution < -0.4 is 5.32 Å². The van der Waals surface area contributed by atoms with E-state index in [9.17, 15) is 8.42 Å². The number of benzene rings is 3. The SMILES string of the molecule is Cc1ccc(S(=O)(=O)n2ccc3c4c(ccc32)CCC(CNCCCc2ccccc2)C4)cc1. The van der Waals surface area contributed by atoms with Gasteiger partial charge in [-0.25, -0.2) is 12.4 Å². The van der Waals surface area contributed by atoms with Gasteiger partial charge in [0.25, 0.3) is 10.0 Å². The molecule has 1 heterocycles. The molecule has 34 heavy (non-hydrogen) atoms. The smallest absolute Gasteiger partial charge is 0.268 e. The normalized spacial score (nSPS) is 16.0. The van der Waals surface area contributed by atoms with Crippen molar-refractivity contribution >= 4 is 20.9 Å². The highest BCUT2D eigenvalue weighted by Gasteiger charge is 2.24. The van der Waals surface area contributed by atoms with E-state index >= 15 is 0 Å². The molecule has 0 amide bonds. The van der Waals surface area contributed by atoms with Crippen LogP contribution in [0.15, 0.2) is 83.9 Å². The average Bonchev–Trinajstić information content (AvgIpc) is 3.30. The van der Waals surface area contributed by atoms with Crippen LogP contribution in [0.3, 0.4) is 0 Å². The quantitative estimate of drug-likeness (QED) is 0.344. The fraction of sp³-hybridized carbons (Fsp3) is 0.310. The highest BCUT2D eigenvalue weighted by Crippen LogP contribution is 2.33. The minimum Gasteiger partial charge on any atom is -0.316 e. The van der Waals surface area contributed by atoms with E-state index < -0.39 is 10.0 Å². The Bertz CT molecular complexity index is 1370. The Morgan fingerprint density at radius 1 is 0.971 bits per heavy atom. The molecular weight excluding hydrogens is 440 g/mol. The molecular formula is C29H32N2O2S. The molecule has 5 heteroatoms. The molecule has 1 N–H and O–H groups in total. The Kier molecular flexibility index (Phi) is 6.57. The number of nitrogens with one attached hydrogen (secondary N) is 1. The summed E-state index contributed by atoms with van der Waals surface area (Å²) in [6, 6.07) is 23.8. The molecule has 0 saturated heterocycles. The van der Waals surface area contributed by atoms with Gasteiger partial charge in [0, 0.05) is 11.6 Å². The Balaban J connectivity index is 1.28. The van der Waals surface area contributed by atoms with E-state index in [2.05, 4.69) is 41.7 Å². The molecule has 1 aliphatic carbocycles. The second kappa shape index (κ2) is 9.77. The minimum absolute atomic E-state index is 0.325. The van der Waals surface area contributed by atoms with Gasteiger partial charge in [-0.15, -0.1) is 0 Å². The molecule has 0 aliphatic heterocycles. The highest BCUT2D eigenvalue weighted by molar-refractivity contribution is 7.90. The van der Waals surface area contributed by atoms with Crippen molar-refractivity contribution in [2.45, 2.75) is 43.9 Å². The molecule has 4 nitrogen and oxygen atoms in total. The first-order valence-electron chi connectivity index (χ1n) is 12.2. The van der Waals surface area contributed by atoms with Gasteiger partial charge in [0.1, 0.15) is 0 Å². The zero-order chi connectivity index (χ0) is 23.5. The number of nitrogens with zero attached hydrogens (tertiary/aromatic N) is 1. The molecule has 1 aromatic heterocycles. The third kappa shape index (κ3) is 4.68. The third-order valence-electron chi connectivity index (χ3n) is 7.03. The monoisotopic (exact) mass is 472 g/mol. The summed E-state index contributed by atoms with van der Waals surface area (Å²) in [6.45, 7) is 3.99. The number of aryl methyl sites for hydroxylation is 3. The molecule has 176 valence electrons. The van der Waals surface area contributed by atoms with Crippen molar-refractivity contribution < 1.29 is 8.42 Å². The first-order valence-corrected chi connectivity index (χ1v) is 13.6. The van der Waals surface area contributed by atoms with Gasteiger partial charge < -0.3 is 5.32 Å². The van der Waals surface area contributed by atoms with E-state index in [1.165, 1.54) is 27.1 Å². The summed E-state index contributed by atoms with van der Waals surface area (Å²) < 4.78 is 28.1. The van der Waals surface area contributed by atoms with Crippen LogP contribution in [0.5, 0.6) is 0 Å². The van der Waals surface area contributed by atoms with E-state index in [-0.39, 0.29) is 0 Å². The number of aromatic nitrogens is 1. The predicted molar refractivity (Wildman–Crippen MR) is 139 cm³/mol. The van der Waals surface area contributed by atoms with Crippen LogP contribution in [0.4, 0.5) is 0 Å². The zero-order valence-electron chi connectivity index (χ0n) is 19.7. The third-order valence-corrected chi connectivity index (χ3v) is 8.74. The molecule has 1 aliphatic rings. The van der Waals surface area contributed by atoms with E-state index in [0.29, 0.717) is 10.8 Å². The summed E-state index contributed by atoms with van der Waals surface area (Å²) in [6.07, 6.45) is 7.17. The average molecular weight is 473 g/mol. The number of fused-ring (bicyclic) bond motifs is 3. The van der Waals surface area contributed by atoms with Gasteiger partial charge in [-0.2, -0.15) is 0 Å². The number of rotatable bonds is 8. The molecule has 1 unspecified atom stereocenters. The zero-order valence-corrected chi connectivity index (χ0v) is 20.5. The second-order valence-corrected chi connectivity index (χ2v) is 11.3. The van der Waals surface area contributed by atoms with Crippen LogP contribution in [-0.4, -0.2) is 25.5 Å². The van der Waals surface area contributed by atoms with Crippen LogP contribution in [0, 0.1) is 12.8 Å². The van der Waals surface area contributed by atoms with Crippen LogP contribution in [0.2, 0.25) is 0 Å². The lowest BCUT2D eigenvalue weighted by atomic mass is 9.82. The molecule has 5 rings (SSSR count). The van der Waals surface area contributed by atoms with Gasteiger partial charge in [0.05, 0.1) is 10.4 Å². The number of hydrogen-bond acceptors (Lipinski definition) is 3. The predicted octanol–water partition coefficient (Wildman–Crippen LogP) is 5.51. The largest absolute Gasteiger partial charge is 0.316 e. The topological polar surface area (TPSA) is 51.1 Å². The Labute approximate surface area is 202 Å². The molecule has 0 bridgehead atoms. The Morgan fingerprint density at radius 2 is 1.76 bits per heavy atom. The maximum atomic E-state index is 13.3. The number of hydrogen-bond donors (Lipinski definition) is 1. The van der Waals surface area contributed by atoms with Gasteiger partial charge in [-0.1, -0.05) is 54.1 Å². The molecule has 0 radical (unpaired) electrons. The van der Waals surface area contributed by atoms with Gasteiger partial charge in [0.2, 0.25) is 0 Å². The first-order chi connectivity index (χ1) is 16.5. The second-order valence-electron chi connectivity index (χ2n) is 9.47. The lowest BCUT2D eigenvalue weighted by Crippen LogP contribution is -2.28. The van der Waals surface area contributed by atoms with Crippen LogP contribution in [0.1, 0.15) is 35.1 Å². The van der Waals surface area contributed by atoms with E-state index in [1.54, 1.807) is 18.3 Å². The van der Waals surface area contributed by atoms with Gasteiger partial charge in [-0.3, -0.25) is 0 Å². The maximum absolute atomic E-state index is 13.3. The van der Waals surface area contributed by atoms with Crippen LogP contribution in [0.25, 0.3) is 10.9 Å². The Hall–Kier alpha value is -2.89. The van der Waals surface area contributed by atoms with Crippen LogP contribution in [-0.2, 0) is 29.3 Å². The molecule has 0 spiro atoms. The van der Waals surface area contributed by atoms with E-state index in [1.807, 2.05) is 31.2 Å². The van der Waals surface area contributed by atoms with Crippen molar-refractivity contribution in [1.29, 1.82) is 0 Å². The van der Waals surface area contributed by atoms with Gasteiger partial charge in [-0.05, 0) is 99.0 Å². The lowest BCUT2D eigenvalue weighted by Gasteiger charge is -2.26.